The van der Waals surface area contributed by atoms with Gasteiger partial charge in [-0.05, 0) is 106 Å². The maximum atomic E-state index is 14.9. The van der Waals surface area contributed by atoms with Crippen molar-refractivity contribution in [3.63, 3.8) is 0 Å². The molecule has 0 bridgehead atoms. The Bertz CT molecular complexity index is 2990. The molecule has 5 aromatic rings. The fourth-order valence-corrected chi connectivity index (χ4v) is 11.2. The number of halogens is 2. The molecule has 1 unspecified atom stereocenters. The highest BCUT2D eigenvalue weighted by atomic mass is 19.1. The molecule has 4 fully saturated rings. The lowest BCUT2D eigenvalue weighted by Gasteiger charge is -2.46. The molecule has 0 aliphatic carbocycles. The van der Waals surface area contributed by atoms with Gasteiger partial charge in [-0.1, -0.05) is 0 Å². The van der Waals surface area contributed by atoms with Crippen LogP contribution in [-0.4, -0.2) is 160 Å². The Morgan fingerprint density at radius 1 is 0.878 bits per heavy atom. The second kappa shape index (κ2) is 21.5. The Balaban J connectivity index is 0.697. The van der Waals surface area contributed by atoms with Gasteiger partial charge < -0.3 is 29.7 Å². The Morgan fingerprint density at radius 3 is 2.39 bits per heavy atom. The van der Waals surface area contributed by atoms with Crippen molar-refractivity contribution >= 4 is 46.6 Å². The van der Waals surface area contributed by atoms with Crippen LogP contribution in [0.25, 0.3) is 16.6 Å². The molecule has 2 N–H and O–H groups in total. The van der Waals surface area contributed by atoms with Gasteiger partial charge in [-0.15, -0.1) is 0 Å². The molecule has 10 rings (SSSR count). The minimum absolute atomic E-state index is 0.124. The normalized spacial score (nSPS) is 19.4. The van der Waals surface area contributed by atoms with Crippen LogP contribution in [0.4, 0.5) is 20.3 Å². The van der Waals surface area contributed by atoms with Crippen molar-refractivity contribution in [2.45, 2.75) is 70.0 Å². The number of rotatable bonds is 15. The number of hydrogen-bond acceptors (Lipinski definition) is 13. The number of piperazine rings is 2. The number of unbranched alkanes of at least 4 members (excludes halogenated alkanes) is 1. The minimum Gasteiger partial charge on any atom is -0.492 e. The van der Waals surface area contributed by atoms with Crippen LogP contribution in [0.5, 0.6) is 5.75 Å². The highest BCUT2D eigenvalue weighted by Gasteiger charge is 2.41. The summed E-state index contributed by atoms with van der Waals surface area (Å²) in [5, 5.41) is 19.7. The molecule has 74 heavy (non-hydrogen) atoms. The monoisotopic (exact) mass is 1010 g/mol. The van der Waals surface area contributed by atoms with E-state index < -0.39 is 35.0 Å². The summed E-state index contributed by atoms with van der Waals surface area (Å²) in [4.78, 5) is 82.0. The van der Waals surface area contributed by atoms with Crippen LogP contribution in [0.1, 0.15) is 83.7 Å². The Labute approximate surface area is 427 Å². The van der Waals surface area contributed by atoms with E-state index in [0.717, 1.165) is 92.0 Å². The second-order valence-electron chi connectivity index (χ2n) is 19.9. The Kier molecular flexibility index (Phi) is 14.6. The lowest BCUT2D eigenvalue weighted by Crippen LogP contribution is -2.62. The number of fused-ring (bicyclic) bond motifs is 2. The number of anilines is 2. The van der Waals surface area contributed by atoms with E-state index in [4.69, 9.17) is 9.72 Å². The van der Waals surface area contributed by atoms with Crippen molar-refractivity contribution in [1.29, 1.82) is 5.26 Å². The molecule has 5 aliphatic heterocycles. The summed E-state index contributed by atoms with van der Waals surface area (Å²) in [7, 11) is 0. The number of nitriles is 1. The molecule has 0 saturated carbocycles. The molecule has 0 spiro atoms. The largest absolute Gasteiger partial charge is 0.492 e. The fourth-order valence-electron chi connectivity index (χ4n) is 11.2. The Hall–Kier alpha value is -7.50. The zero-order valence-electron chi connectivity index (χ0n) is 41.5. The van der Waals surface area contributed by atoms with Crippen molar-refractivity contribution in [3.8, 4) is 22.9 Å². The van der Waals surface area contributed by atoms with Gasteiger partial charge in [0.05, 0.1) is 41.2 Å². The first kappa shape index (κ1) is 50.1. The van der Waals surface area contributed by atoms with E-state index >= 15 is 0 Å². The average molecular weight is 1010 g/mol. The number of imide groups is 1. The van der Waals surface area contributed by atoms with Crippen LogP contribution in [0.15, 0.2) is 73.2 Å². The van der Waals surface area contributed by atoms with Gasteiger partial charge in [-0.3, -0.25) is 39.1 Å². The van der Waals surface area contributed by atoms with Gasteiger partial charge in [0.2, 0.25) is 17.7 Å². The molecule has 2 aromatic carbocycles. The number of aromatic nitrogens is 3. The summed E-state index contributed by atoms with van der Waals surface area (Å²) < 4.78 is 36.6. The van der Waals surface area contributed by atoms with Gasteiger partial charge >= 0.3 is 0 Å². The van der Waals surface area contributed by atoms with Crippen LogP contribution in [0, 0.1) is 23.0 Å². The van der Waals surface area contributed by atoms with Gasteiger partial charge in [0, 0.05) is 120 Å². The molecular weight excluding hydrogens is 951 g/mol. The predicted molar refractivity (Wildman–Crippen MR) is 270 cm³/mol. The average Bonchev–Trinajstić information content (AvgIpc) is 3.98. The molecule has 0 radical (unpaired) electrons. The maximum Gasteiger partial charge on any atom is 0.255 e. The number of ether oxygens (including phenoxy) is 1. The van der Waals surface area contributed by atoms with Crippen molar-refractivity contribution in [1.82, 2.24) is 44.8 Å². The lowest BCUT2D eigenvalue weighted by atomic mass is 9.86. The fraction of sp³-hybridized carbons (Fsp3) is 0.444. The van der Waals surface area contributed by atoms with E-state index in [1.54, 1.807) is 21.8 Å². The predicted octanol–water partition coefficient (Wildman–Crippen LogP) is 4.61. The summed E-state index contributed by atoms with van der Waals surface area (Å²) in [5.74, 6) is -1.60. The van der Waals surface area contributed by atoms with Crippen LogP contribution >= 0.6 is 0 Å². The maximum absolute atomic E-state index is 14.9. The number of piperidine rings is 2. The summed E-state index contributed by atoms with van der Waals surface area (Å²) in [6.45, 7) is 10.9. The van der Waals surface area contributed by atoms with Crippen LogP contribution < -0.4 is 25.2 Å². The van der Waals surface area contributed by atoms with Gasteiger partial charge in [-0.25, -0.2) is 18.3 Å². The number of carbonyl (C=O) groups is 5. The van der Waals surface area contributed by atoms with Gasteiger partial charge in [0.25, 0.3) is 11.8 Å². The molecule has 5 aliphatic rings. The summed E-state index contributed by atoms with van der Waals surface area (Å²) in [6.07, 6.45) is 8.74. The number of amides is 5. The van der Waals surface area contributed by atoms with Gasteiger partial charge in [-0.2, -0.15) is 10.4 Å². The van der Waals surface area contributed by atoms with Crippen molar-refractivity contribution in [2.24, 2.45) is 0 Å². The highest BCUT2D eigenvalue weighted by Crippen LogP contribution is 2.34. The number of benzene rings is 2. The Morgan fingerprint density at radius 2 is 1.66 bits per heavy atom. The molecule has 18 nitrogen and oxygen atoms in total. The number of hydrogen-bond donors (Lipinski definition) is 2. The second-order valence-corrected chi connectivity index (χ2v) is 19.9. The van der Waals surface area contributed by atoms with Crippen molar-refractivity contribution in [2.75, 3.05) is 94.9 Å². The third kappa shape index (κ3) is 10.6. The van der Waals surface area contributed by atoms with E-state index in [2.05, 4.69) is 47.5 Å². The van der Waals surface area contributed by atoms with E-state index in [0.29, 0.717) is 107 Å². The lowest BCUT2D eigenvalue weighted by molar-refractivity contribution is -0.137. The van der Waals surface area contributed by atoms with Crippen LogP contribution in [-0.2, 0) is 20.9 Å². The SMILES string of the molecule is CCOc1cc(-c2ccc(N3CCC(CN4CCN(C(=O)CCCCN5CCN(c6ccc7c(c6)CN(C6CCC(=O)NC6=O)C7=O)CC5)CC4)(NC(=O)c4cc(F)ccc4F)CC3)nc2)c2c(C#N)cnn2c1. The standard InChI is InChI=1S/C54H60F2N12O6/c1-2-74-41-29-43(50-38(30-57)32-59-68(50)34-41)36-6-12-47(58-31-36)65-17-14-54(15-18-65,61-51(71)44-28-39(55)7-10-45(44)56)35-63-21-25-66(26-22-63)49(70)5-3-4-16-62-19-23-64(24-20-62)40-8-9-42-37(27-40)33-67(53(42)73)46-11-13-48(69)60-52(46)72/h6-10,12,27-29,31-32,34,46H,2-5,11,13-26,33,35H2,1H3,(H,61,71)(H,60,69,72). The number of carbonyl (C=O) groups excluding carboxylic acids is 5. The molecule has 4 saturated heterocycles. The van der Waals surface area contributed by atoms with E-state index in [1.807, 2.05) is 42.2 Å². The van der Waals surface area contributed by atoms with Crippen molar-refractivity contribution < 1.29 is 37.5 Å². The summed E-state index contributed by atoms with van der Waals surface area (Å²) >= 11 is 0. The molecule has 3 aromatic heterocycles. The first-order valence-electron chi connectivity index (χ1n) is 25.7. The number of pyridine rings is 2. The zero-order chi connectivity index (χ0) is 51.5. The smallest absolute Gasteiger partial charge is 0.255 e. The molecular formula is C54H60F2N12O6. The third-order valence-corrected chi connectivity index (χ3v) is 15.3. The number of nitrogens with zero attached hydrogens (tertiary/aromatic N) is 10. The summed E-state index contributed by atoms with van der Waals surface area (Å²) in [5.41, 5.74) is 4.06. The highest BCUT2D eigenvalue weighted by molar-refractivity contribution is 6.05. The van der Waals surface area contributed by atoms with Gasteiger partial charge in [0.1, 0.15) is 35.3 Å². The topological polar surface area (TPSA) is 192 Å². The number of nitrogens with one attached hydrogen (secondary N) is 2. The van der Waals surface area contributed by atoms with E-state index in [1.165, 1.54) is 6.20 Å². The first-order valence-corrected chi connectivity index (χ1v) is 25.7. The molecule has 8 heterocycles. The van der Waals surface area contributed by atoms with E-state index in [9.17, 15) is 38.0 Å². The van der Waals surface area contributed by atoms with E-state index in [-0.39, 0.29) is 29.7 Å². The first-order chi connectivity index (χ1) is 35.9. The minimum atomic E-state index is -0.799. The van der Waals surface area contributed by atoms with Crippen LogP contribution in [0.2, 0.25) is 0 Å². The summed E-state index contributed by atoms with van der Waals surface area (Å²) in [6, 6.07) is 16.1. The molecule has 20 heteroatoms. The molecule has 5 amide bonds. The quantitative estimate of drug-likeness (QED) is 0.109. The van der Waals surface area contributed by atoms with Crippen LogP contribution in [0.3, 0.4) is 0 Å². The molecule has 386 valence electrons. The van der Waals surface area contributed by atoms with Crippen molar-refractivity contribution in [3.05, 3.63) is 107 Å². The molecule has 1 atom stereocenters. The zero-order valence-corrected chi connectivity index (χ0v) is 41.5. The van der Waals surface area contributed by atoms with Gasteiger partial charge in [0.15, 0.2) is 0 Å². The third-order valence-electron chi connectivity index (χ3n) is 15.3.